The van der Waals surface area contributed by atoms with E-state index in [1.165, 1.54) is 19.2 Å². The molecule has 1 amide bonds. The number of nitrogens with one attached hydrogen (secondary N) is 1. The molecule has 4 nitrogen and oxygen atoms in total. The van der Waals surface area contributed by atoms with E-state index in [1.807, 2.05) is 0 Å². The molecule has 4 heteroatoms. The summed E-state index contributed by atoms with van der Waals surface area (Å²) in [4.78, 5) is 23.9. The van der Waals surface area contributed by atoms with Crippen molar-refractivity contribution < 1.29 is 9.59 Å². The van der Waals surface area contributed by atoms with Crippen molar-refractivity contribution in [3.05, 3.63) is 23.5 Å². The van der Waals surface area contributed by atoms with Gasteiger partial charge in [-0.3, -0.25) is 9.59 Å². The Morgan fingerprint density at radius 3 is 2.45 bits per heavy atom. The number of Topliss-reactive ketones (excluding diaryl/α,β-unsaturated/α-hetero) is 1. The maximum Gasteiger partial charge on any atom is 0.250 e. The number of rotatable bonds is 2. The first-order chi connectivity index (χ1) is 5.11. The molecular formula is C7H8N2O2. The Bertz CT molecular complexity index is 273. The molecule has 1 heterocycles. The van der Waals surface area contributed by atoms with Gasteiger partial charge in [-0.15, -0.1) is 0 Å². The van der Waals surface area contributed by atoms with E-state index in [9.17, 15) is 9.59 Å². The van der Waals surface area contributed by atoms with Crippen LogP contribution in [0.15, 0.2) is 12.3 Å². The number of H-pyrrole nitrogens is 1. The Morgan fingerprint density at radius 1 is 1.55 bits per heavy atom. The van der Waals surface area contributed by atoms with Gasteiger partial charge in [0.05, 0.1) is 11.3 Å². The summed E-state index contributed by atoms with van der Waals surface area (Å²) in [6.45, 7) is 1.41. The second kappa shape index (κ2) is 2.57. The first kappa shape index (κ1) is 7.53. The lowest BCUT2D eigenvalue weighted by molar-refractivity contribution is 0.0998. The van der Waals surface area contributed by atoms with Gasteiger partial charge in [0.25, 0.3) is 0 Å². The Labute approximate surface area is 63.4 Å². The van der Waals surface area contributed by atoms with Crippen LogP contribution in [0, 0.1) is 0 Å². The average molecular weight is 152 g/mol. The smallest absolute Gasteiger partial charge is 0.250 e. The largest absolute Gasteiger partial charge is 0.366 e. The normalized spacial score (nSPS) is 9.55. The number of hydrogen-bond donors (Lipinski definition) is 2. The Balaban J connectivity index is 2.99. The van der Waals surface area contributed by atoms with Crippen LogP contribution >= 0.6 is 0 Å². The van der Waals surface area contributed by atoms with E-state index in [0.717, 1.165) is 0 Å². The van der Waals surface area contributed by atoms with Gasteiger partial charge in [0.2, 0.25) is 5.91 Å². The quantitative estimate of drug-likeness (QED) is 0.598. The molecule has 0 spiro atoms. The Hall–Kier alpha value is -1.58. The summed E-state index contributed by atoms with van der Waals surface area (Å²) in [6, 6.07) is 1.44. The second-order valence-corrected chi connectivity index (χ2v) is 2.22. The van der Waals surface area contributed by atoms with E-state index in [1.54, 1.807) is 0 Å². The van der Waals surface area contributed by atoms with Crippen LogP contribution in [0.1, 0.15) is 27.8 Å². The van der Waals surface area contributed by atoms with Crippen molar-refractivity contribution in [2.75, 3.05) is 0 Å². The minimum absolute atomic E-state index is 0.113. The highest BCUT2D eigenvalue weighted by atomic mass is 16.1. The van der Waals surface area contributed by atoms with Crippen molar-refractivity contribution in [1.82, 2.24) is 4.98 Å². The van der Waals surface area contributed by atoms with Gasteiger partial charge in [0, 0.05) is 13.1 Å². The molecule has 0 atom stereocenters. The molecule has 0 aromatic carbocycles. The SMILES string of the molecule is CC(=O)c1cc(C(N)=O)c[nH]1. The Kier molecular flexibility index (Phi) is 1.76. The molecule has 0 aliphatic carbocycles. The first-order valence-electron chi connectivity index (χ1n) is 3.10. The highest BCUT2D eigenvalue weighted by Crippen LogP contribution is 2.02. The van der Waals surface area contributed by atoms with Crippen molar-refractivity contribution >= 4 is 11.7 Å². The lowest BCUT2D eigenvalue weighted by Gasteiger charge is -1.84. The maximum absolute atomic E-state index is 10.7. The van der Waals surface area contributed by atoms with Crippen molar-refractivity contribution in [2.24, 2.45) is 5.73 Å². The predicted octanol–water partition coefficient (Wildman–Crippen LogP) is 0.316. The molecular weight excluding hydrogens is 144 g/mol. The molecule has 0 unspecified atom stereocenters. The molecule has 0 saturated carbocycles. The third-order valence-electron chi connectivity index (χ3n) is 1.35. The van der Waals surface area contributed by atoms with Crippen molar-refractivity contribution in [2.45, 2.75) is 6.92 Å². The molecule has 0 saturated heterocycles. The lowest BCUT2D eigenvalue weighted by Crippen LogP contribution is -2.09. The summed E-state index contributed by atoms with van der Waals surface area (Å²) in [6.07, 6.45) is 1.42. The molecule has 3 N–H and O–H groups in total. The predicted molar refractivity (Wildman–Crippen MR) is 39.3 cm³/mol. The summed E-state index contributed by atoms with van der Waals surface area (Å²) in [5.41, 5.74) is 5.69. The van der Waals surface area contributed by atoms with Crippen LogP contribution in [0.5, 0.6) is 0 Å². The fourth-order valence-corrected chi connectivity index (χ4v) is 0.740. The zero-order valence-electron chi connectivity index (χ0n) is 6.05. The van der Waals surface area contributed by atoms with Crippen LogP contribution in [-0.2, 0) is 0 Å². The van der Waals surface area contributed by atoms with Crippen molar-refractivity contribution in [3.8, 4) is 0 Å². The monoisotopic (exact) mass is 152 g/mol. The highest BCUT2D eigenvalue weighted by Gasteiger charge is 2.05. The number of aromatic nitrogens is 1. The van der Waals surface area contributed by atoms with Gasteiger partial charge >= 0.3 is 0 Å². The molecule has 11 heavy (non-hydrogen) atoms. The summed E-state index contributed by atoms with van der Waals surface area (Å²) < 4.78 is 0. The molecule has 0 bridgehead atoms. The van der Waals surface area contributed by atoms with E-state index < -0.39 is 5.91 Å². The molecule has 1 rings (SSSR count). The molecule has 58 valence electrons. The lowest BCUT2D eigenvalue weighted by atomic mass is 10.2. The van der Waals surface area contributed by atoms with Gasteiger partial charge in [-0.25, -0.2) is 0 Å². The molecule has 0 aliphatic heterocycles. The number of amides is 1. The fraction of sp³-hybridized carbons (Fsp3) is 0.143. The van der Waals surface area contributed by atoms with E-state index in [4.69, 9.17) is 5.73 Å². The first-order valence-corrected chi connectivity index (χ1v) is 3.10. The zero-order chi connectivity index (χ0) is 8.43. The Morgan fingerprint density at radius 2 is 2.18 bits per heavy atom. The van der Waals surface area contributed by atoms with Gasteiger partial charge < -0.3 is 10.7 Å². The molecule has 0 fully saturated rings. The maximum atomic E-state index is 10.7. The number of nitrogens with two attached hydrogens (primary N) is 1. The van der Waals surface area contributed by atoms with Crippen LogP contribution in [-0.4, -0.2) is 16.7 Å². The van der Waals surface area contributed by atoms with Crippen molar-refractivity contribution in [1.29, 1.82) is 0 Å². The number of carbonyl (C=O) groups is 2. The van der Waals surface area contributed by atoms with Gasteiger partial charge in [-0.1, -0.05) is 0 Å². The minimum atomic E-state index is -0.534. The molecule has 1 aromatic heterocycles. The van der Waals surface area contributed by atoms with Gasteiger partial charge in [-0.2, -0.15) is 0 Å². The van der Waals surface area contributed by atoms with E-state index >= 15 is 0 Å². The fourth-order valence-electron chi connectivity index (χ4n) is 0.740. The topological polar surface area (TPSA) is 76.0 Å². The second-order valence-electron chi connectivity index (χ2n) is 2.22. The minimum Gasteiger partial charge on any atom is -0.366 e. The van der Waals surface area contributed by atoms with Crippen LogP contribution in [0.25, 0.3) is 0 Å². The van der Waals surface area contributed by atoms with E-state index in [-0.39, 0.29) is 5.78 Å². The van der Waals surface area contributed by atoms with Crippen LogP contribution in [0.3, 0.4) is 0 Å². The summed E-state index contributed by atoms with van der Waals surface area (Å²) in [5, 5.41) is 0. The van der Waals surface area contributed by atoms with E-state index in [0.29, 0.717) is 11.3 Å². The zero-order valence-corrected chi connectivity index (χ0v) is 6.05. The van der Waals surface area contributed by atoms with Crippen LogP contribution in [0.2, 0.25) is 0 Å². The summed E-state index contributed by atoms with van der Waals surface area (Å²) >= 11 is 0. The standard InChI is InChI=1S/C7H8N2O2/c1-4(10)6-2-5(3-9-6)7(8)11/h2-3,9H,1H3,(H2,8,11). The third-order valence-corrected chi connectivity index (χ3v) is 1.35. The number of carbonyl (C=O) groups excluding carboxylic acids is 2. The highest BCUT2D eigenvalue weighted by molar-refractivity contribution is 5.98. The molecule has 1 aromatic rings. The van der Waals surface area contributed by atoms with Gasteiger partial charge in [-0.05, 0) is 6.07 Å². The number of ketones is 1. The van der Waals surface area contributed by atoms with Crippen LogP contribution in [0.4, 0.5) is 0 Å². The van der Waals surface area contributed by atoms with Crippen LogP contribution < -0.4 is 5.73 Å². The van der Waals surface area contributed by atoms with E-state index in [2.05, 4.69) is 4.98 Å². The number of primary amides is 1. The van der Waals surface area contributed by atoms with Gasteiger partial charge in [0.15, 0.2) is 5.78 Å². The summed E-state index contributed by atoms with van der Waals surface area (Å²) in [7, 11) is 0. The third kappa shape index (κ3) is 1.46. The molecule has 0 radical (unpaired) electrons. The number of aromatic amines is 1. The van der Waals surface area contributed by atoms with Gasteiger partial charge in [0.1, 0.15) is 0 Å². The molecule has 0 aliphatic rings. The average Bonchev–Trinajstić information content (AvgIpc) is 2.33. The number of hydrogen-bond acceptors (Lipinski definition) is 2. The summed E-state index contributed by atoms with van der Waals surface area (Å²) in [5.74, 6) is -0.647. The van der Waals surface area contributed by atoms with Crippen molar-refractivity contribution in [3.63, 3.8) is 0 Å².